The second kappa shape index (κ2) is 8.13. The van der Waals surface area contributed by atoms with E-state index >= 15 is 0 Å². The van der Waals surface area contributed by atoms with Crippen LogP contribution in [0.2, 0.25) is 0 Å². The Hall–Kier alpha value is -2.38. The third-order valence-electron chi connectivity index (χ3n) is 3.90. The van der Waals surface area contributed by atoms with Gasteiger partial charge in [-0.05, 0) is 37.1 Å². The molecule has 130 valence electrons. The second-order valence-corrected chi connectivity index (χ2v) is 6.82. The molecule has 0 spiro atoms. The molecule has 0 radical (unpaired) electrons. The lowest BCUT2D eigenvalue weighted by Crippen LogP contribution is -2.31. The molecule has 1 unspecified atom stereocenters. The first-order chi connectivity index (χ1) is 12.1. The predicted molar refractivity (Wildman–Crippen MR) is 95.0 cm³/mol. The Morgan fingerprint density at radius 1 is 1.28 bits per heavy atom. The molecular formula is C18H18N2O4S. The maximum atomic E-state index is 12.2. The number of amides is 1. The zero-order valence-corrected chi connectivity index (χ0v) is 14.3. The number of nitrogens with one attached hydrogen (secondary N) is 1. The van der Waals surface area contributed by atoms with Crippen molar-refractivity contribution in [1.82, 2.24) is 5.32 Å². The highest BCUT2D eigenvalue weighted by Gasteiger charge is 2.20. The Bertz CT molecular complexity index is 761. The first kappa shape index (κ1) is 17.4. The first-order valence-corrected chi connectivity index (χ1v) is 8.86. The van der Waals surface area contributed by atoms with Gasteiger partial charge in [0.05, 0.1) is 15.9 Å². The van der Waals surface area contributed by atoms with Crippen molar-refractivity contribution < 1.29 is 14.5 Å². The fraction of sp³-hybridized carbons (Fsp3) is 0.278. The molecule has 0 aliphatic carbocycles. The maximum Gasteiger partial charge on any atom is 0.284 e. The van der Waals surface area contributed by atoms with Crippen LogP contribution in [0, 0.1) is 10.1 Å². The van der Waals surface area contributed by atoms with Gasteiger partial charge in [-0.2, -0.15) is 0 Å². The Balaban J connectivity index is 1.73. The maximum absolute atomic E-state index is 12.2. The normalized spacial score (nSPS) is 16.6. The molecule has 1 aliphatic heterocycles. The molecule has 1 amide bonds. The van der Waals surface area contributed by atoms with E-state index < -0.39 is 4.92 Å². The van der Waals surface area contributed by atoms with Gasteiger partial charge >= 0.3 is 0 Å². The Kier molecular flexibility index (Phi) is 5.67. The molecule has 2 aromatic carbocycles. The lowest BCUT2D eigenvalue weighted by molar-refractivity contribution is -0.387. The number of hydrogen-bond donors (Lipinski definition) is 1. The van der Waals surface area contributed by atoms with Crippen molar-refractivity contribution in [2.45, 2.75) is 28.7 Å². The molecule has 1 N–H and O–H groups in total. The van der Waals surface area contributed by atoms with E-state index in [0.717, 1.165) is 24.3 Å². The van der Waals surface area contributed by atoms with Crippen molar-refractivity contribution in [1.29, 1.82) is 0 Å². The van der Waals surface area contributed by atoms with Crippen LogP contribution in [0.5, 0.6) is 0 Å². The minimum atomic E-state index is -0.456. The zero-order chi connectivity index (χ0) is 17.6. The van der Waals surface area contributed by atoms with E-state index in [-0.39, 0.29) is 23.3 Å². The minimum Gasteiger partial charge on any atom is -0.376 e. The highest BCUT2D eigenvalue weighted by Crippen LogP contribution is 2.35. The van der Waals surface area contributed by atoms with Gasteiger partial charge in [0, 0.05) is 29.7 Å². The van der Waals surface area contributed by atoms with Gasteiger partial charge in [0.2, 0.25) is 0 Å². The summed E-state index contributed by atoms with van der Waals surface area (Å²) in [6.07, 6.45) is 1.96. The zero-order valence-electron chi connectivity index (χ0n) is 13.5. The first-order valence-electron chi connectivity index (χ1n) is 8.04. The fourth-order valence-corrected chi connectivity index (χ4v) is 3.54. The predicted octanol–water partition coefficient (Wildman–Crippen LogP) is 3.65. The molecule has 0 aromatic heterocycles. The summed E-state index contributed by atoms with van der Waals surface area (Å²) < 4.78 is 5.46. The van der Waals surface area contributed by atoms with Crippen LogP contribution in [0.4, 0.5) is 5.69 Å². The number of nitrogens with zero attached hydrogens (tertiary/aromatic N) is 1. The van der Waals surface area contributed by atoms with E-state index in [0.29, 0.717) is 11.4 Å². The van der Waals surface area contributed by atoms with E-state index in [4.69, 9.17) is 4.74 Å². The van der Waals surface area contributed by atoms with Crippen molar-refractivity contribution in [2.75, 3.05) is 13.2 Å². The summed E-state index contributed by atoms with van der Waals surface area (Å²) in [6, 6.07) is 14.0. The number of carbonyl (C=O) groups is 1. The fourth-order valence-electron chi connectivity index (χ4n) is 2.62. The van der Waals surface area contributed by atoms with E-state index in [9.17, 15) is 14.9 Å². The molecule has 6 nitrogen and oxygen atoms in total. The summed E-state index contributed by atoms with van der Waals surface area (Å²) in [5.41, 5.74) is 0.209. The number of nitro benzene ring substituents is 1. The molecule has 1 heterocycles. The lowest BCUT2D eigenvalue weighted by Gasteiger charge is -2.11. The van der Waals surface area contributed by atoms with Crippen molar-refractivity contribution in [3.8, 4) is 0 Å². The molecule has 1 aliphatic rings. The average molecular weight is 358 g/mol. The molecule has 3 rings (SSSR count). The average Bonchev–Trinajstić information content (AvgIpc) is 3.14. The summed E-state index contributed by atoms with van der Waals surface area (Å²) in [5.74, 6) is -0.324. The van der Waals surface area contributed by atoms with Crippen LogP contribution in [-0.4, -0.2) is 30.1 Å². The van der Waals surface area contributed by atoms with Gasteiger partial charge in [-0.25, -0.2) is 0 Å². The quantitative estimate of drug-likeness (QED) is 0.629. The van der Waals surface area contributed by atoms with Gasteiger partial charge in [0.15, 0.2) is 0 Å². The summed E-state index contributed by atoms with van der Waals surface area (Å²) >= 11 is 1.30. The molecular weight excluding hydrogens is 340 g/mol. The third-order valence-corrected chi connectivity index (χ3v) is 4.98. The van der Waals surface area contributed by atoms with Crippen molar-refractivity contribution in [2.24, 2.45) is 0 Å². The number of rotatable bonds is 6. The molecule has 0 bridgehead atoms. The number of carbonyl (C=O) groups excluding carboxylic acids is 1. The van der Waals surface area contributed by atoms with Crippen LogP contribution in [-0.2, 0) is 4.74 Å². The van der Waals surface area contributed by atoms with Crippen LogP contribution in [0.1, 0.15) is 23.2 Å². The standard InChI is InChI=1S/C18H18N2O4S/c21-18(19-12-14-5-4-10-24-14)13-8-9-17(16(11-13)20(22)23)25-15-6-2-1-3-7-15/h1-3,6-9,11,14H,4-5,10,12H2,(H,19,21). The largest absolute Gasteiger partial charge is 0.376 e. The van der Waals surface area contributed by atoms with Crippen LogP contribution >= 0.6 is 11.8 Å². The van der Waals surface area contributed by atoms with Gasteiger partial charge in [-0.1, -0.05) is 30.0 Å². The molecule has 25 heavy (non-hydrogen) atoms. The van der Waals surface area contributed by atoms with E-state index in [2.05, 4.69) is 5.32 Å². The molecule has 7 heteroatoms. The van der Waals surface area contributed by atoms with E-state index in [1.807, 2.05) is 30.3 Å². The number of ether oxygens (including phenoxy) is 1. The Morgan fingerprint density at radius 2 is 2.08 bits per heavy atom. The summed E-state index contributed by atoms with van der Waals surface area (Å²) in [4.78, 5) is 24.6. The van der Waals surface area contributed by atoms with Gasteiger partial charge in [-0.15, -0.1) is 0 Å². The molecule has 0 saturated carbocycles. The number of hydrogen-bond acceptors (Lipinski definition) is 5. The number of benzene rings is 2. The molecule has 1 fully saturated rings. The third kappa shape index (κ3) is 4.58. The number of nitro groups is 1. The lowest BCUT2D eigenvalue weighted by atomic mass is 10.2. The van der Waals surface area contributed by atoms with Crippen molar-refractivity contribution in [3.63, 3.8) is 0 Å². The monoisotopic (exact) mass is 358 g/mol. The van der Waals surface area contributed by atoms with E-state index in [1.165, 1.54) is 17.8 Å². The van der Waals surface area contributed by atoms with E-state index in [1.54, 1.807) is 12.1 Å². The molecule has 1 saturated heterocycles. The second-order valence-electron chi connectivity index (χ2n) is 5.70. The van der Waals surface area contributed by atoms with Crippen LogP contribution in [0.15, 0.2) is 58.3 Å². The van der Waals surface area contributed by atoms with Gasteiger partial charge in [-0.3, -0.25) is 14.9 Å². The smallest absolute Gasteiger partial charge is 0.284 e. The molecule has 2 aromatic rings. The summed E-state index contributed by atoms with van der Waals surface area (Å²) in [6.45, 7) is 1.14. The van der Waals surface area contributed by atoms with Crippen molar-refractivity contribution in [3.05, 3.63) is 64.2 Å². The summed E-state index contributed by atoms with van der Waals surface area (Å²) in [5, 5.41) is 14.2. The highest BCUT2D eigenvalue weighted by molar-refractivity contribution is 7.99. The molecule has 1 atom stereocenters. The van der Waals surface area contributed by atoms with Gasteiger partial charge in [0.1, 0.15) is 0 Å². The summed E-state index contributed by atoms with van der Waals surface area (Å²) in [7, 11) is 0. The van der Waals surface area contributed by atoms with Crippen LogP contribution < -0.4 is 5.32 Å². The Morgan fingerprint density at radius 3 is 2.76 bits per heavy atom. The SMILES string of the molecule is O=C(NCC1CCCO1)c1ccc(Sc2ccccc2)c([N+](=O)[O-])c1. The Labute approximate surface area is 149 Å². The highest BCUT2D eigenvalue weighted by atomic mass is 32.2. The topological polar surface area (TPSA) is 81.5 Å². The van der Waals surface area contributed by atoms with Gasteiger partial charge in [0.25, 0.3) is 11.6 Å². The minimum absolute atomic E-state index is 0.0341. The van der Waals surface area contributed by atoms with Gasteiger partial charge < -0.3 is 10.1 Å². The van der Waals surface area contributed by atoms with Crippen LogP contribution in [0.25, 0.3) is 0 Å². The van der Waals surface area contributed by atoms with Crippen LogP contribution in [0.3, 0.4) is 0 Å². The van der Waals surface area contributed by atoms with Crippen molar-refractivity contribution >= 4 is 23.4 Å².